The van der Waals surface area contributed by atoms with E-state index in [1.165, 1.54) is 6.07 Å². The summed E-state index contributed by atoms with van der Waals surface area (Å²) in [5.74, 6) is -0.911. The highest BCUT2D eigenvalue weighted by molar-refractivity contribution is 5.28. The number of nitrogens with one attached hydrogen (secondary N) is 1. The molecule has 102 valence electrons. The van der Waals surface area contributed by atoms with Crippen LogP contribution >= 0.6 is 0 Å². The van der Waals surface area contributed by atoms with E-state index in [1.807, 2.05) is 6.92 Å². The van der Waals surface area contributed by atoms with E-state index in [9.17, 15) is 8.78 Å². The van der Waals surface area contributed by atoms with Gasteiger partial charge in [0, 0.05) is 12.6 Å². The first-order chi connectivity index (χ1) is 9.13. The SMILES string of the molecule is CCCNC(c1cc(F)ccc1F)c1cnnn1C. The van der Waals surface area contributed by atoms with Crippen LogP contribution in [0.5, 0.6) is 0 Å². The second-order valence-corrected chi connectivity index (χ2v) is 4.34. The average molecular weight is 266 g/mol. The third-order valence-corrected chi connectivity index (χ3v) is 2.91. The lowest BCUT2D eigenvalue weighted by Gasteiger charge is -2.19. The van der Waals surface area contributed by atoms with Crippen molar-refractivity contribution in [3.8, 4) is 0 Å². The number of benzene rings is 1. The highest BCUT2D eigenvalue weighted by atomic mass is 19.1. The minimum Gasteiger partial charge on any atom is -0.305 e. The highest BCUT2D eigenvalue weighted by Gasteiger charge is 2.21. The van der Waals surface area contributed by atoms with E-state index in [4.69, 9.17) is 0 Å². The Morgan fingerprint density at radius 1 is 1.37 bits per heavy atom. The molecule has 6 heteroatoms. The quantitative estimate of drug-likeness (QED) is 0.902. The Bertz CT molecular complexity index is 553. The van der Waals surface area contributed by atoms with Gasteiger partial charge in [0.1, 0.15) is 11.6 Å². The van der Waals surface area contributed by atoms with E-state index >= 15 is 0 Å². The summed E-state index contributed by atoms with van der Waals surface area (Å²) >= 11 is 0. The van der Waals surface area contributed by atoms with Gasteiger partial charge in [-0.1, -0.05) is 12.1 Å². The standard InChI is InChI=1S/C13H16F2N4/c1-3-6-16-13(12-8-17-18-19(12)2)10-7-9(14)4-5-11(10)15/h4-5,7-8,13,16H,3,6H2,1-2H3. The van der Waals surface area contributed by atoms with Gasteiger partial charge in [0.2, 0.25) is 0 Å². The van der Waals surface area contributed by atoms with Gasteiger partial charge < -0.3 is 5.32 Å². The van der Waals surface area contributed by atoms with Gasteiger partial charge >= 0.3 is 0 Å². The summed E-state index contributed by atoms with van der Waals surface area (Å²) < 4.78 is 28.8. The Morgan fingerprint density at radius 3 is 2.79 bits per heavy atom. The molecule has 0 aliphatic carbocycles. The summed E-state index contributed by atoms with van der Waals surface area (Å²) in [7, 11) is 1.72. The van der Waals surface area contributed by atoms with Crippen LogP contribution in [0.15, 0.2) is 24.4 Å². The number of hydrogen-bond donors (Lipinski definition) is 1. The molecule has 1 atom stereocenters. The predicted octanol–water partition coefficient (Wildman–Crippen LogP) is 2.18. The van der Waals surface area contributed by atoms with Crippen LogP contribution in [-0.4, -0.2) is 21.5 Å². The van der Waals surface area contributed by atoms with E-state index in [2.05, 4.69) is 15.6 Å². The third-order valence-electron chi connectivity index (χ3n) is 2.91. The summed E-state index contributed by atoms with van der Waals surface area (Å²) in [6.45, 7) is 2.69. The van der Waals surface area contributed by atoms with Gasteiger partial charge in [-0.3, -0.25) is 4.68 Å². The number of rotatable bonds is 5. The summed E-state index contributed by atoms with van der Waals surface area (Å²) in [4.78, 5) is 0. The molecule has 1 aromatic carbocycles. The minimum atomic E-state index is -0.463. The second kappa shape index (κ2) is 5.88. The normalized spacial score (nSPS) is 12.6. The van der Waals surface area contributed by atoms with Gasteiger partial charge in [0.15, 0.2) is 0 Å². The van der Waals surface area contributed by atoms with Crippen molar-refractivity contribution in [3.63, 3.8) is 0 Å². The molecule has 0 aliphatic rings. The molecule has 1 N–H and O–H groups in total. The average Bonchev–Trinajstić information content (AvgIpc) is 2.80. The maximum absolute atomic E-state index is 13.9. The Balaban J connectivity index is 2.42. The first kappa shape index (κ1) is 13.6. The van der Waals surface area contributed by atoms with Crippen molar-refractivity contribution in [2.45, 2.75) is 19.4 Å². The van der Waals surface area contributed by atoms with Crippen LogP contribution in [-0.2, 0) is 7.05 Å². The van der Waals surface area contributed by atoms with Gasteiger partial charge in [0.25, 0.3) is 0 Å². The molecular formula is C13H16F2N4. The van der Waals surface area contributed by atoms with Gasteiger partial charge in [-0.15, -0.1) is 5.10 Å². The summed E-state index contributed by atoms with van der Waals surface area (Å²) in [6, 6.07) is 2.98. The Labute approximate surface area is 110 Å². The predicted molar refractivity (Wildman–Crippen MR) is 67.5 cm³/mol. The van der Waals surface area contributed by atoms with Crippen molar-refractivity contribution in [1.82, 2.24) is 20.3 Å². The lowest BCUT2D eigenvalue weighted by Crippen LogP contribution is -2.26. The Morgan fingerprint density at radius 2 is 2.16 bits per heavy atom. The molecule has 1 aromatic heterocycles. The van der Waals surface area contributed by atoms with Crippen molar-refractivity contribution in [2.75, 3.05) is 6.54 Å². The van der Waals surface area contributed by atoms with Crippen molar-refractivity contribution in [3.05, 3.63) is 47.3 Å². The minimum absolute atomic E-state index is 0.263. The Kier molecular flexibility index (Phi) is 4.21. The number of nitrogens with zero attached hydrogens (tertiary/aromatic N) is 3. The van der Waals surface area contributed by atoms with Crippen molar-refractivity contribution < 1.29 is 8.78 Å². The molecule has 0 amide bonds. The zero-order chi connectivity index (χ0) is 13.8. The van der Waals surface area contributed by atoms with Crippen LogP contribution in [0.4, 0.5) is 8.78 Å². The summed E-state index contributed by atoms with van der Waals surface area (Å²) in [5.41, 5.74) is 0.955. The first-order valence-corrected chi connectivity index (χ1v) is 6.16. The molecule has 0 aliphatic heterocycles. The zero-order valence-corrected chi connectivity index (χ0v) is 10.9. The van der Waals surface area contributed by atoms with Crippen LogP contribution in [0.1, 0.15) is 30.6 Å². The van der Waals surface area contributed by atoms with E-state index in [1.54, 1.807) is 17.9 Å². The lowest BCUT2D eigenvalue weighted by atomic mass is 10.0. The lowest BCUT2D eigenvalue weighted by molar-refractivity contribution is 0.511. The monoisotopic (exact) mass is 266 g/mol. The van der Waals surface area contributed by atoms with E-state index < -0.39 is 17.7 Å². The fourth-order valence-electron chi connectivity index (χ4n) is 1.96. The van der Waals surface area contributed by atoms with Gasteiger partial charge in [-0.2, -0.15) is 0 Å². The maximum Gasteiger partial charge on any atom is 0.128 e. The summed E-state index contributed by atoms with van der Waals surface area (Å²) in [6.07, 6.45) is 2.44. The molecule has 19 heavy (non-hydrogen) atoms. The topological polar surface area (TPSA) is 42.7 Å². The molecule has 0 fully saturated rings. The van der Waals surface area contributed by atoms with Crippen molar-refractivity contribution >= 4 is 0 Å². The van der Waals surface area contributed by atoms with Crippen LogP contribution in [0.2, 0.25) is 0 Å². The van der Waals surface area contributed by atoms with E-state index in [-0.39, 0.29) is 5.56 Å². The number of hydrogen-bond acceptors (Lipinski definition) is 3. The fraction of sp³-hybridized carbons (Fsp3) is 0.385. The summed E-state index contributed by atoms with van der Waals surface area (Å²) in [5, 5.41) is 10.8. The maximum atomic E-state index is 13.9. The van der Waals surface area contributed by atoms with Gasteiger partial charge in [-0.25, -0.2) is 8.78 Å². The van der Waals surface area contributed by atoms with Crippen molar-refractivity contribution in [2.24, 2.45) is 7.05 Å². The van der Waals surface area contributed by atoms with Gasteiger partial charge in [-0.05, 0) is 31.2 Å². The molecule has 2 rings (SSSR count). The molecule has 1 heterocycles. The molecule has 4 nitrogen and oxygen atoms in total. The molecule has 0 saturated heterocycles. The molecule has 0 spiro atoms. The third kappa shape index (κ3) is 2.96. The van der Waals surface area contributed by atoms with E-state index in [0.29, 0.717) is 12.2 Å². The van der Waals surface area contributed by atoms with Crippen molar-refractivity contribution in [1.29, 1.82) is 0 Å². The largest absolute Gasteiger partial charge is 0.305 e. The molecule has 0 radical (unpaired) electrons. The van der Waals surface area contributed by atoms with E-state index in [0.717, 1.165) is 18.6 Å². The molecular weight excluding hydrogens is 250 g/mol. The second-order valence-electron chi connectivity index (χ2n) is 4.34. The van der Waals surface area contributed by atoms with Crippen LogP contribution in [0, 0.1) is 11.6 Å². The molecule has 0 saturated carbocycles. The Hall–Kier alpha value is -1.82. The van der Waals surface area contributed by atoms with Crippen LogP contribution in [0.25, 0.3) is 0 Å². The first-order valence-electron chi connectivity index (χ1n) is 6.16. The number of aryl methyl sites for hydroxylation is 1. The fourth-order valence-corrected chi connectivity index (χ4v) is 1.96. The molecule has 2 aromatic rings. The number of aromatic nitrogens is 3. The molecule has 1 unspecified atom stereocenters. The zero-order valence-electron chi connectivity index (χ0n) is 10.9. The number of halogens is 2. The molecule has 0 bridgehead atoms. The van der Waals surface area contributed by atoms with Crippen LogP contribution in [0.3, 0.4) is 0 Å². The van der Waals surface area contributed by atoms with Crippen LogP contribution < -0.4 is 5.32 Å². The van der Waals surface area contributed by atoms with Gasteiger partial charge in [0.05, 0.1) is 17.9 Å². The highest BCUT2D eigenvalue weighted by Crippen LogP contribution is 2.24. The smallest absolute Gasteiger partial charge is 0.128 e.